The summed E-state index contributed by atoms with van der Waals surface area (Å²) < 4.78 is 18.9. The summed E-state index contributed by atoms with van der Waals surface area (Å²) in [5.41, 5.74) is 6.83. The molecule has 0 radical (unpaired) electrons. The molecule has 1 aliphatic heterocycles. The largest absolute Gasteiger partial charge is 0.376 e. The van der Waals surface area contributed by atoms with E-state index in [-0.39, 0.29) is 18.0 Å². The molecule has 2 rings (SSSR count). The molecular weight excluding hydrogens is 231 g/mol. The Bertz CT molecular complexity index is 399. The fourth-order valence-electron chi connectivity index (χ4n) is 2.54. The molecule has 1 aromatic carbocycles. The Morgan fingerprint density at radius 1 is 1.50 bits per heavy atom. The first-order valence-corrected chi connectivity index (χ1v) is 6.44. The predicted molar refractivity (Wildman–Crippen MR) is 69.8 cm³/mol. The Balaban J connectivity index is 2.21. The number of ether oxygens (including phenoxy) is 1. The van der Waals surface area contributed by atoms with E-state index in [9.17, 15) is 4.39 Å². The van der Waals surface area contributed by atoms with Gasteiger partial charge in [-0.25, -0.2) is 4.39 Å². The van der Waals surface area contributed by atoms with Crippen molar-refractivity contribution >= 4 is 0 Å². The second-order valence-corrected chi connectivity index (χ2v) is 5.00. The zero-order valence-electron chi connectivity index (χ0n) is 11.0. The van der Waals surface area contributed by atoms with Gasteiger partial charge in [0.25, 0.3) is 0 Å². The van der Waals surface area contributed by atoms with Gasteiger partial charge in [0.05, 0.1) is 12.7 Å². The number of hydrogen-bond acceptors (Lipinski definition) is 3. The Morgan fingerprint density at radius 3 is 2.94 bits per heavy atom. The normalized spacial score (nSPS) is 27.1. The van der Waals surface area contributed by atoms with Crippen LogP contribution in [0.1, 0.15) is 25.5 Å². The van der Waals surface area contributed by atoms with Gasteiger partial charge in [0, 0.05) is 25.2 Å². The molecule has 0 amide bonds. The van der Waals surface area contributed by atoms with Crippen molar-refractivity contribution in [2.75, 3.05) is 19.7 Å². The van der Waals surface area contributed by atoms with Crippen molar-refractivity contribution in [2.45, 2.75) is 32.0 Å². The smallest absolute Gasteiger partial charge is 0.123 e. The van der Waals surface area contributed by atoms with Crippen molar-refractivity contribution in [3.05, 3.63) is 35.6 Å². The summed E-state index contributed by atoms with van der Waals surface area (Å²) in [5, 5.41) is 0. The molecule has 0 bridgehead atoms. The summed E-state index contributed by atoms with van der Waals surface area (Å²) in [4.78, 5) is 2.31. The van der Waals surface area contributed by atoms with Crippen molar-refractivity contribution < 1.29 is 9.13 Å². The zero-order valence-corrected chi connectivity index (χ0v) is 11.0. The van der Waals surface area contributed by atoms with Gasteiger partial charge < -0.3 is 10.5 Å². The zero-order chi connectivity index (χ0) is 13.1. The van der Waals surface area contributed by atoms with Crippen LogP contribution in [0.25, 0.3) is 0 Å². The molecule has 2 N–H and O–H groups in total. The topological polar surface area (TPSA) is 38.5 Å². The lowest BCUT2D eigenvalue weighted by Crippen LogP contribution is -2.50. The highest BCUT2D eigenvalue weighted by Gasteiger charge is 2.29. The lowest BCUT2D eigenvalue weighted by atomic mass is 10.0. The highest BCUT2D eigenvalue weighted by atomic mass is 19.1. The average molecular weight is 252 g/mol. The maximum Gasteiger partial charge on any atom is 0.123 e. The highest BCUT2D eigenvalue weighted by Crippen LogP contribution is 2.25. The van der Waals surface area contributed by atoms with Crippen molar-refractivity contribution in [3.8, 4) is 0 Å². The number of halogens is 1. The van der Waals surface area contributed by atoms with Crippen LogP contribution in [-0.2, 0) is 4.74 Å². The maximum absolute atomic E-state index is 13.3. The van der Waals surface area contributed by atoms with Gasteiger partial charge in [0.15, 0.2) is 0 Å². The van der Waals surface area contributed by atoms with E-state index < -0.39 is 0 Å². The van der Waals surface area contributed by atoms with E-state index in [2.05, 4.69) is 18.7 Å². The third kappa shape index (κ3) is 2.88. The monoisotopic (exact) mass is 252 g/mol. The van der Waals surface area contributed by atoms with Crippen molar-refractivity contribution in [3.63, 3.8) is 0 Å². The van der Waals surface area contributed by atoms with E-state index in [1.165, 1.54) is 6.07 Å². The third-order valence-electron chi connectivity index (χ3n) is 3.51. The molecule has 0 aromatic heterocycles. The van der Waals surface area contributed by atoms with Crippen LogP contribution in [-0.4, -0.2) is 36.7 Å². The summed E-state index contributed by atoms with van der Waals surface area (Å²) >= 11 is 0. The molecule has 0 aliphatic carbocycles. The number of morpholine rings is 1. The lowest BCUT2D eigenvalue weighted by molar-refractivity contribution is -0.0654. The van der Waals surface area contributed by atoms with Crippen molar-refractivity contribution in [1.82, 2.24) is 4.90 Å². The minimum atomic E-state index is -0.208. The van der Waals surface area contributed by atoms with Gasteiger partial charge in [-0.2, -0.15) is 0 Å². The third-order valence-corrected chi connectivity index (χ3v) is 3.51. The van der Waals surface area contributed by atoms with Crippen molar-refractivity contribution in [2.24, 2.45) is 5.73 Å². The van der Waals surface area contributed by atoms with Crippen LogP contribution in [0.5, 0.6) is 0 Å². The van der Waals surface area contributed by atoms with Crippen LogP contribution in [0.2, 0.25) is 0 Å². The molecule has 1 saturated heterocycles. The Morgan fingerprint density at radius 2 is 2.28 bits per heavy atom. The Labute approximate surface area is 108 Å². The van der Waals surface area contributed by atoms with Crippen LogP contribution in [0.4, 0.5) is 4.39 Å². The summed E-state index contributed by atoms with van der Waals surface area (Å²) in [6, 6.07) is 7.07. The fourth-order valence-corrected chi connectivity index (χ4v) is 2.54. The van der Waals surface area contributed by atoms with Crippen LogP contribution >= 0.6 is 0 Å². The molecule has 18 heavy (non-hydrogen) atoms. The number of benzene rings is 1. The molecule has 3 unspecified atom stereocenters. The standard InChI is InChI=1S/C14H21FN2O/c1-10-9-18-11(2)8-17(10)14(7-16)12-4-3-5-13(15)6-12/h3-6,10-11,14H,7-9,16H2,1-2H3. The molecule has 0 saturated carbocycles. The summed E-state index contributed by atoms with van der Waals surface area (Å²) in [6.07, 6.45) is 0.198. The molecule has 1 fully saturated rings. The summed E-state index contributed by atoms with van der Waals surface area (Å²) in [7, 11) is 0. The van der Waals surface area contributed by atoms with Gasteiger partial charge >= 0.3 is 0 Å². The van der Waals surface area contributed by atoms with Gasteiger partial charge in [-0.05, 0) is 31.5 Å². The molecule has 1 aromatic rings. The SMILES string of the molecule is CC1CN(C(CN)c2cccc(F)c2)C(C)CO1. The number of hydrogen-bond donors (Lipinski definition) is 1. The molecular formula is C14H21FN2O. The van der Waals surface area contributed by atoms with E-state index >= 15 is 0 Å². The first-order valence-electron chi connectivity index (χ1n) is 6.44. The molecule has 0 spiro atoms. The Hall–Kier alpha value is -0.970. The van der Waals surface area contributed by atoms with Gasteiger partial charge in [-0.1, -0.05) is 12.1 Å². The van der Waals surface area contributed by atoms with Crippen molar-refractivity contribution in [1.29, 1.82) is 0 Å². The first-order chi connectivity index (χ1) is 8.61. The lowest BCUT2D eigenvalue weighted by Gasteiger charge is -2.41. The minimum absolute atomic E-state index is 0.0575. The second kappa shape index (κ2) is 5.78. The molecule has 3 nitrogen and oxygen atoms in total. The summed E-state index contributed by atoms with van der Waals surface area (Å²) in [6.45, 7) is 6.19. The molecule has 4 heteroatoms. The van der Waals surface area contributed by atoms with Gasteiger partial charge in [0.2, 0.25) is 0 Å². The quantitative estimate of drug-likeness (QED) is 0.893. The molecule has 100 valence electrons. The first kappa shape index (κ1) is 13.5. The van der Waals surface area contributed by atoms with Gasteiger partial charge in [0.1, 0.15) is 5.82 Å². The van der Waals surface area contributed by atoms with E-state index in [0.29, 0.717) is 19.2 Å². The second-order valence-electron chi connectivity index (χ2n) is 5.00. The maximum atomic E-state index is 13.3. The molecule has 1 heterocycles. The fraction of sp³-hybridized carbons (Fsp3) is 0.571. The van der Waals surface area contributed by atoms with E-state index in [0.717, 1.165) is 12.1 Å². The number of nitrogens with zero attached hydrogens (tertiary/aromatic N) is 1. The summed E-state index contributed by atoms with van der Waals surface area (Å²) in [5.74, 6) is -0.208. The van der Waals surface area contributed by atoms with E-state index in [1.54, 1.807) is 12.1 Å². The number of rotatable bonds is 3. The minimum Gasteiger partial charge on any atom is -0.376 e. The van der Waals surface area contributed by atoms with Gasteiger partial charge in [-0.15, -0.1) is 0 Å². The molecule has 1 aliphatic rings. The average Bonchev–Trinajstić information content (AvgIpc) is 2.35. The van der Waals surface area contributed by atoms with Crippen LogP contribution in [0.15, 0.2) is 24.3 Å². The Kier molecular flexibility index (Phi) is 4.32. The van der Waals surface area contributed by atoms with Crippen LogP contribution < -0.4 is 5.73 Å². The van der Waals surface area contributed by atoms with Gasteiger partial charge in [-0.3, -0.25) is 4.90 Å². The number of nitrogens with two attached hydrogens (primary N) is 1. The molecule has 3 atom stereocenters. The highest BCUT2D eigenvalue weighted by molar-refractivity contribution is 5.21. The van der Waals surface area contributed by atoms with Crippen LogP contribution in [0, 0.1) is 5.82 Å². The van der Waals surface area contributed by atoms with E-state index in [1.807, 2.05) is 6.07 Å². The van der Waals surface area contributed by atoms with E-state index in [4.69, 9.17) is 10.5 Å². The predicted octanol–water partition coefficient (Wildman–Crippen LogP) is 1.93. The van der Waals surface area contributed by atoms with Crippen LogP contribution in [0.3, 0.4) is 0 Å².